The normalized spacial score (nSPS) is 10.3. The average Bonchev–Trinajstić information content (AvgIpc) is 2.62. The Labute approximate surface area is 156 Å². The van der Waals surface area contributed by atoms with E-state index in [2.05, 4.69) is 22.2 Å². The number of nitrogens with one attached hydrogen (secondary N) is 2. The summed E-state index contributed by atoms with van der Waals surface area (Å²) in [6.45, 7) is 5.50. The van der Waals surface area contributed by atoms with Crippen LogP contribution in [0.2, 0.25) is 0 Å². The fourth-order valence-corrected chi connectivity index (χ4v) is 2.63. The van der Waals surface area contributed by atoms with Gasteiger partial charge >= 0.3 is 0 Å². The van der Waals surface area contributed by atoms with Gasteiger partial charge in [0, 0.05) is 11.4 Å². The van der Waals surface area contributed by atoms with E-state index < -0.39 is 5.91 Å². The van der Waals surface area contributed by atoms with Crippen LogP contribution in [0.5, 0.6) is 0 Å². The van der Waals surface area contributed by atoms with Gasteiger partial charge in [0.25, 0.3) is 5.91 Å². The standard InChI is InChI=1S/C21H19FN4O/c1-3-14-4-6-16(7-5-14)25-18-11-19(20(23)27)21(24-12-18)26-17-9-13(2)8-15(22)10-17/h3-12,25H,1H2,2H3,(H2,23,27)(H,24,26). The second-order valence-corrected chi connectivity index (χ2v) is 6.08. The third kappa shape index (κ3) is 4.49. The number of hydrogen-bond acceptors (Lipinski definition) is 4. The molecule has 27 heavy (non-hydrogen) atoms. The number of benzene rings is 2. The third-order valence-corrected chi connectivity index (χ3v) is 3.89. The number of aromatic nitrogens is 1. The Morgan fingerprint density at radius 2 is 1.81 bits per heavy atom. The summed E-state index contributed by atoms with van der Waals surface area (Å²) in [4.78, 5) is 16.1. The molecule has 1 heterocycles. The number of amides is 1. The molecule has 0 unspecified atom stereocenters. The van der Waals surface area contributed by atoms with Crippen molar-refractivity contribution >= 4 is 34.9 Å². The third-order valence-electron chi connectivity index (χ3n) is 3.89. The zero-order valence-corrected chi connectivity index (χ0v) is 14.8. The summed E-state index contributed by atoms with van der Waals surface area (Å²) in [5.41, 5.74) is 9.38. The molecule has 3 aromatic rings. The van der Waals surface area contributed by atoms with Crippen LogP contribution in [0.3, 0.4) is 0 Å². The van der Waals surface area contributed by atoms with E-state index in [0.717, 1.165) is 16.8 Å². The first-order chi connectivity index (χ1) is 12.9. The topological polar surface area (TPSA) is 80.0 Å². The smallest absolute Gasteiger partial charge is 0.252 e. The summed E-state index contributed by atoms with van der Waals surface area (Å²) in [6, 6.07) is 13.7. The molecule has 4 N–H and O–H groups in total. The lowest BCUT2D eigenvalue weighted by molar-refractivity contribution is 0.100. The molecule has 1 amide bonds. The Balaban J connectivity index is 1.87. The second kappa shape index (κ2) is 7.70. The van der Waals surface area contributed by atoms with E-state index in [0.29, 0.717) is 11.4 Å². The van der Waals surface area contributed by atoms with Gasteiger partial charge < -0.3 is 16.4 Å². The summed E-state index contributed by atoms with van der Waals surface area (Å²) in [5, 5.41) is 6.12. The largest absolute Gasteiger partial charge is 0.365 e. The summed E-state index contributed by atoms with van der Waals surface area (Å²) >= 11 is 0. The zero-order chi connectivity index (χ0) is 19.4. The van der Waals surface area contributed by atoms with Crippen molar-refractivity contribution in [2.45, 2.75) is 6.92 Å². The number of nitrogens with zero attached hydrogens (tertiary/aromatic N) is 1. The fourth-order valence-electron chi connectivity index (χ4n) is 2.63. The molecule has 2 aromatic carbocycles. The van der Waals surface area contributed by atoms with Gasteiger partial charge in [-0.05, 0) is 54.4 Å². The van der Waals surface area contributed by atoms with Crippen molar-refractivity contribution < 1.29 is 9.18 Å². The van der Waals surface area contributed by atoms with Crippen LogP contribution >= 0.6 is 0 Å². The van der Waals surface area contributed by atoms with Crippen molar-refractivity contribution in [1.82, 2.24) is 4.98 Å². The highest BCUT2D eigenvalue weighted by Gasteiger charge is 2.12. The minimum Gasteiger partial charge on any atom is -0.365 e. The van der Waals surface area contributed by atoms with Crippen molar-refractivity contribution in [2.24, 2.45) is 5.73 Å². The highest BCUT2D eigenvalue weighted by atomic mass is 19.1. The number of nitrogens with two attached hydrogens (primary N) is 1. The Bertz CT molecular complexity index is 979. The number of aryl methyl sites for hydroxylation is 1. The van der Waals surface area contributed by atoms with Gasteiger partial charge in [-0.15, -0.1) is 0 Å². The Morgan fingerprint density at radius 3 is 2.44 bits per heavy atom. The zero-order valence-electron chi connectivity index (χ0n) is 14.8. The monoisotopic (exact) mass is 362 g/mol. The summed E-state index contributed by atoms with van der Waals surface area (Å²) in [5.74, 6) is -0.747. The first-order valence-electron chi connectivity index (χ1n) is 8.28. The summed E-state index contributed by atoms with van der Waals surface area (Å²) < 4.78 is 13.6. The van der Waals surface area contributed by atoms with Gasteiger partial charge in [-0.25, -0.2) is 9.37 Å². The number of hydrogen-bond donors (Lipinski definition) is 3. The van der Waals surface area contributed by atoms with E-state index in [4.69, 9.17) is 5.73 Å². The highest BCUT2D eigenvalue weighted by Crippen LogP contribution is 2.25. The molecular weight excluding hydrogens is 343 g/mol. The first kappa shape index (κ1) is 18.1. The van der Waals surface area contributed by atoms with Gasteiger partial charge in [0.15, 0.2) is 0 Å². The van der Waals surface area contributed by atoms with Crippen LogP contribution in [-0.4, -0.2) is 10.9 Å². The van der Waals surface area contributed by atoms with E-state index in [1.807, 2.05) is 24.3 Å². The predicted molar refractivity (Wildman–Crippen MR) is 107 cm³/mol. The maximum atomic E-state index is 13.6. The summed E-state index contributed by atoms with van der Waals surface area (Å²) in [7, 11) is 0. The van der Waals surface area contributed by atoms with Crippen LogP contribution in [0.25, 0.3) is 6.08 Å². The van der Waals surface area contributed by atoms with Crippen LogP contribution in [0.15, 0.2) is 61.3 Å². The molecule has 0 saturated carbocycles. The van der Waals surface area contributed by atoms with Crippen molar-refractivity contribution in [2.75, 3.05) is 10.6 Å². The Hall–Kier alpha value is -3.67. The molecule has 0 bridgehead atoms. The average molecular weight is 362 g/mol. The molecule has 1 aromatic heterocycles. The van der Waals surface area contributed by atoms with Gasteiger partial charge in [0.1, 0.15) is 11.6 Å². The van der Waals surface area contributed by atoms with Crippen molar-refractivity contribution in [3.8, 4) is 0 Å². The molecule has 5 nitrogen and oxygen atoms in total. The number of halogens is 1. The Morgan fingerprint density at radius 1 is 1.07 bits per heavy atom. The molecule has 0 aliphatic heterocycles. The second-order valence-electron chi connectivity index (χ2n) is 6.08. The van der Waals surface area contributed by atoms with E-state index in [9.17, 15) is 9.18 Å². The van der Waals surface area contributed by atoms with Gasteiger partial charge in [-0.3, -0.25) is 4.79 Å². The van der Waals surface area contributed by atoms with Crippen molar-refractivity contribution in [3.05, 3.63) is 83.8 Å². The van der Waals surface area contributed by atoms with Gasteiger partial charge in [-0.1, -0.05) is 24.8 Å². The molecule has 136 valence electrons. The quantitative estimate of drug-likeness (QED) is 0.591. The van der Waals surface area contributed by atoms with Gasteiger partial charge in [-0.2, -0.15) is 0 Å². The number of carbonyl (C=O) groups excluding carboxylic acids is 1. The first-order valence-corrected chi connectivity index (χ1v) is 8.28. The minimum atomic E-state index is -0.635. The van der Waals surface area contributed by atoms with Crippen LogP contribution in [0.1, 0.15) is 21.5 Å². The van der Waals surface area contributed by atoms with E-state index in [1.165, 1.54) is 12.1 Å². The number of primary amides is 1. The predicted octanol–water partition coefficient (Wildman–Crippen LogP) is 4.76. The molecule has 6 heteroatoms. The van der Waals surface area contributed by atoms with E-state index >= 15 is 0 Å². The lowest BCUT2D eigenvalue weighted by Gasteiger charge is -2.13. The Kier molecular flexibility index (Phi) is 5.17. The lowest BCUT2D eigenvalue weighted by Crippen LogP contribution is -2.15. The van der Waals surface area contributed by atoms with Crippen LogP contribution in [0.4, 0.5) is 27.3 Å². The molecule has 0 radical (unpaired) electrons. The molecule has 0 aliphatic carbocycles. The molecule has 0 fully saturated rings. The maximum Gasteiger partial charge on any atom is 0.252 e. The SMILES string of the molecule is C=Cc1ccc(Nc2cnc(Nc3cc(C)cc(F)c3)c(C(N)=O)c2)cc1. The van der Waals surface area contributed by atoms with Gasteiger partial charge in [0.2, 0.25) is 0 Å². The number of carbonyl (C=O) groups is 1. The lowest BCUT2D eigenvalue weighted by atomic mass is 10.1. The molecule has 0 aliphatic rings. The number of anilines is 4. The van der Waals surface area contributed by atoms with Crippen molar-refractivity contribution in [3.63, 3.8) is 0 Å². The van der Waals surface area contributed by atoms with E-state index in [1.54, 1.807) is 31.3 Å². The van der Waals surface area contributed by atoms with Crippen LogP contribution in [-0.2, 0) is 0 Å². The van der Waals surface area contributed by atoms with E-state index in [-0.39, 0.29) is 17.2 Å². The van der Waals surface area contributed by atoms with Gasteiger partial charge in [0.05, 0.1) is 17.4 Å². The molecule has 0 saturated heterocycles. The van der Waals surface area contributed by atoms with Crippen LogP contribution in [0, 0.1) is 12.7 Å². The number of rotatable bonds is 6. The highest BCUT2D eigenvalue weighted by molar-refractivity contribution is 5.99. The molecule has 0 atom stereocenters. The van der Waals surface area contributed by atoms with Crippen molar-refractivity contribution in [1.29, 1.82) is 0 Å². The molecule has 0 spiro atoms. The minimum absolute atomic E-state index is 0.199. The fraction of sp³-hybridized carbons (Fsp3) is 0.0476. The molecular formula is C21H19FN4O. The number of pyridine rings is 1. The summed E-state index contributed by atoms with van der Waals surface area (Å²) in [6.07, 6.45) is 3.33. The maximum absolute atomic E-state index is 13.6. The van der Waals surface area contributed by atoms with Crippen LogP contribution < -0.4 is 16.4 Å². The molecule has 3 rings (SSSR count).